The molecule has 138 valence electrons. The first-order chi connectivity index (χ1) is 13.8. The Morgan fingerprint density at radius 2 is 1.46 bits per heavy atom. The molecule has 7 nitrogen and oxygen atoms in total. The van der Waals surface area contributed by atoms with Crippen LogP contribution in [0.3, 0.4) is 0 Å². The molecule has 4 aromatic rings. The molecular weight excluding hydrogens is 356 g/mol. The average Bonchev–Trinajstić information content (AvgIpc) is 3.23. The van der Waals surface area contributed by atoms with E-state index in [1.54, 1.807) is 24.3 Å². The van der Waals surface area contributed by atoms with E-state index in [9.17, 15) is 4.79 Å². The Kier molecular flexibility index (Phi) is 5.06. The molecule has 0 N–H and O–H groups in total. The molecule has 0 aliphatic heterocycles. The van der Waals surface area contributed by atoms with Gasteiger partial charge >= 0.3 is 5.97 Å². The first-order valence-corrected chi connectivity index (χ1v) is 8.62. The Labute approximate surface area is 161 Å². The van der Waals surface area contributed by atoms with Gasteiger partial charge in [0.15, 0.2) is 12.4 Å². The van der Waals surface area contributed by atoms with E-state index >= 15 is 0 Å². The molecule has 1 heterocycles. The van der Waals surface area contributed by atoms with Crippen LogP contribution in [0.15, 0.2) is 84.9 Å². The van der Waals surface area contributed by atoms with Crippen LogP contribution in [0.25, 0.3) is 5.69 Å². The van der Waals surface area contributed by atoms with Crippen molar-refractivity contribution in [3.63, 3.8) is 0 Å². The standard InChI is InChI=1S/C21H16N4O3/c26-21(16-11-13-19(14-12-16)28-18-9-5-2-6-10-18)27-15-20-22-23-24-25(20)17-7-3-1-4-8-17/h1-14H,15H2. The SMILES string of the molecule is O=C(OCc1nnnn1-c1ccccc1)c1ccc(Oc2ccccc2)cc1. The molecule has 0 saturated carbocycles. The van der Waals surface area contributed by atoms with Crippen molar-refractivity contribution in [1.82, 2.24) is 20.2 Å². The number of hydrogen-bond donors (Lipinski definition) is 0. The number of aromatic nitrogens is 4. The summed E-state index contributed by atoms with van der Waals surface area (Å²) in [5.41, 5.74) is 1.21. The Balaban J connectivity index is 1.39. The lowest BCUT2D eigenvalue weighted by atomic mass is 10.2. The fourth-order valence-electron chi connectivity index (χ4n) is 2.56. The monoisotopic (exact) mass is 372 g/mol. The highest BCUT2D eigenvalue weighted by atomic mass is 16.5. The van der Waals surface area contributed by atoms with E-state index in [1.165, 1.54) is 4.68 Å². The lowest BCUT2D eigenvalue weighted by Gasteiger charge is -2.08. The maximum Gasteiger partial charge on any atom is 0.338 e. The van der Waals surface area contributed by atoms with Crippen molar-refractivity contribution in [2.75, 3.05) is 0 Å². The number of carbonyl (C=O) groups is 1. The molecule has 0 bridgehead atoms. The van der Waals surface area contributed by atoms with Gasteiger partial charge in [-0.2, -0.15) is 4.68 Å². The summed E-state index contributed by atoms with van der Waals surface area (Å²) < 4.78 is 12.6. The summed E-state index contributed by atoms with van der Waals surface area (Å²) in [5.74, 6) is 1.33. The Bertz CT molecular complexity index is 1050. The van der Waals surface area contributed by atoms with Crippen molar-refractivity contribution in [3.05, 3.63) is 96.3 Å². The van der Waals surface area contributed by atoms with Gasteiger partial charge < -0.3 is 9.47 Å². The fraction of sp³-hybridized carbons (Fsp3) is 0.0476. The van der Waals surface area contributed by atoms with Gasteiger partial charge in [-0.3, -0.25) is 0 Å². The van der Waals surface area contributed by atoms with Crippen LogP contribution >= 0.6 is 0 Å². The molecule has 0 spiro atoms. The van der Waals surface area contributed by atoms with E-state index in [2.05, 4.69) is 15.5 Å². The molecule has 3 aromatic carbocycles. The minimum atomic E-state index is -0.464. The van der Waals surface area contributed by atoms with E-state index in [0.717, 1.165) is 11.4 Å². The third kappa shape index (κ3) is 4.04. The third-order valence-corrected chi connectivity index (χ3v) is 3.94. The Morgan fingerprint density at radius 1 is 0.821 bits per heavy atom. The number of carbonyl (C=O) groups excluding carboxylic acids is 1. The maximum absolute atomic E-state index is 12.3. The predicted octanol–water partition coefficient (Wildman–Crippen LogP) is 3.81. The van der Waals surface area contributed by atoms with Crippen molar-refractivity contribution in [3.8, 4) is 17.2 Å². The van der Waals surface area contributed by atoms with Gasteiger partial charge in [-0.1, -0.05) is 36.4 Å². The Hall–Kier alpha value is -4.00. The normalized spacial score (nSPS) is 10.4. The maximum atomic E-state index is 12.3. The van der Waals surface area contributed by atoms with Crippen LogP contribution in [-0.2, 0) is 11.3 Å². The summed E-state index contributed by atoms with van der Waals surface area (Å²) >= 11 is 0. The molecule has 0 aliphatic carbocycles. The van der Waals surface area contributed by atoms with Gasteiger partial charge in [0.05, 0.1) is 11.3 Å². The van der Waals surface area contributed by atoms with Crippen molar-refractivity contribution >= 4 is 5.97 Å². The van der Waals surface area contributed by atoms with E-state index in [4.69, 9.17) is 9.47 Å². The van der Waals surface area contributed by atoms with Crippen molar-refractivity contribution in [2.45, 2.75) is 6.61 Å². The summed E-state index contributed by atoms with van der Waals surface area (Å²) in [6.07, 6.45) is 0. The zero-order chi connectivity index (χ0) is 19.2. The number of nitrogens with zero attached hydrogens (tertiary/aromatic N) is 4. The number of ether oxygens (including phenoxy) is 2. The van der Waals surface area contributed by atoms with Crippen LogP contribution in [-0.4, -0.2) is 26.2 Å². The second-order valence-electron chi connectivity index (χ2n) is 5.86. The molecule has 0 unspecified atom stereocenters. The van der Waals surface area contributed by atoms with Crippen LogP contribution in [0.2, 0.25) is 0 Å². The molecule has 0 fully saturated rings. The highest BCUT2D eigenvalue weighted by Crippen LogP contribution is 2.21. The van der Waals surface area contributed by atoms with Crippen LogP contribution < -0.4 is 4.74 Å². The largest absolute Gasteiger partial charge is 0.457 e. The molecule has 0 saturated heterocycles. The van der Waals surface area contributed by atoms with Crippen LogP contribution in [0.4, 0.5) is 0 Å². The highest BCUT2D eigenvalue weighted by molar-refractivity contribution is 5.89. The summed E-state index contributed by atoms with van der Waals surface area (Å²) in [6, 6.07) is 25.6. The lowest BCUT2D eigenvalue weighted by molar-refractivity contribution is 0.0459. The molecule has 0 atom stereocenters. The van der Waals surface area contributed by atoms with Gasteiger partial charge in [-0.05, 0) is 59.0 Å². The predicted molar refractivity (Wildman–Crippen MR) is 101 cm³/mol. The topological polar surface area (TPSA) is 79.1 Å². The Morgan fingerprint density at radius 3 is 2.18 bits per heavy atom. The molecule has 0 aliphatic rings. The quantitative estimate of drug-likeness (QED) is 0.479. The third-order valence-electron chi connectivity index (χ3n) is 3.94. The van der Waals surface area contributed by atoms with E-state index in [-0.39, 0.29) is 6.61 Å². The highest BCUT2D eigenvalue weighted by Gasteiger charge is 2.13. The van der Waals surface area contributed by atoms with Gasteiger partial charge in [-0.25, -0.2) is 4.79 Å². The van der Waals surface area contributed by atoms with E-state index in [1.807, 2.05) is 60.7 Å². The van der Waals surface area contributed by atoms with Crippen LogP contribution in [0.5, 0.6) is 11.5 Å². The smallest absolute Gasteiger partial charge is 0.338 e. The second kappa shape index (κ2) is 8.13. The number of para-hydroxylation sites is 2. The van der Waals surface area contributed by atoms with Crippen molar-refractivity contribution in [2.24, 2.45) is 0 Å². The van der Waals surface area contributed by atoms with Crippen molar-refractivity contribution in [1.29, 1.82) is 0 Å². The number of tetrazole rings is 1. The minimum absolute atomic E-state index is 0.0387. The molecule has 7 heteroatoms. The first kappa shape index (κ1) is 17.4. The summed E-state index contributed by atoms with van der Waals surface area (Å²) in [6.45, 7) is -0.0387. The van der Waals surface area contributed by atoms with Crippen LogP contribution in [0, 0.1) is 0 Å². The first-order valence-electron chi connectivity index (χ1n) is 8.62. The molecule has 1 aromatic heterocycles. The lowest BCUT2D eigenvalue weighted by Crippen LogP contribution is -2.10. The van der Waals surface area contributed by atoms with Gasteiger partial charge in [0.2, 0.25) is 0 Å². The van der Waals surface area contributed by atoms with Crippen LogP contribution in [0.1, 0.15) is 16.2 Å². The zero-order valence-electron chi connectivity index (χ0n) is 14.8. The minimum Gasteiger partial charge on any atom is -0.457 e. The fourth-order valence-corrected chi connectivity index (χ4v) is 2.56. The summed E-state index contributed by atoms with van der Waals surface area (Å²) in [7, 11) is 0. The van der Waals surface area contributed by atoms with Crippen molar-refractivity contribution < 1.29 is 14.3 Å². The number of benzene rings is 3. The summed E-state index contributed by atoms with van der Waals surface area (Å²) in [5, 5.41) is 11.5. The van der Waals surface area contributed by atoms with Gasteiger partial charge in [0.1, 0.15) is 11.5 Å². The molecule has 28 heavy (non-hydrogen) atoms. The van der Waals surface area contributed by atoms with E-state index < -0.39 is 5.97 Å². The number of hydrogen-bond acceptors (Lipinski definition) is 6. The average molecular weight is 372 g/mol. The molecule has 4 rings (SSSR count). The zero-order valence-corrected chi connectivity index (χ0v) is 14.8. The number of rotatable bonds is 6. The molecule has 0 amide bonds. The molecule has 0 radical (unpaired) electrons. The molecular formula is C21H16N4O3. The second-order valence-corrected chi connectivity index (χ2v) is 5.86. The summed E-state index contributed by atoms with van der Waals surface area (Å²) in [4.78, 5) is 12.3. The number of esters is 1. The van der Waals surface area contributed by atoms with Gasteiger partial charge in [-0.15, -0.1) is 5.10 Å². The van der Waals surface area contributed by atoms with Gasteiger partial charge in [0.25, 0.3) is 0 Å². The van der Waals surface area contributed by atoms with E-state index in [0.29, 0.717) is 17.1 Å². The van der Waals surface area contributed by atoms with Gasteiger partial charge in [0, 0.05) is 0 Å².